The monoisotopic (exact) mass is 335 g/mol. The second kappa shape index (κ2) is 5.65. The fraction of sp³-hybridized carbons (Fsp3) is 0.636. The number of nitrogens with zero attached hydrogens (tertiary/aromatic N) is 3. The van der Waals surface area contributed by atoms with Gasteiger partial charge in [0.25, 0.3) is 6.33 Å². The van der Waals surface area contributed by atoms with Crippen LogP contribution in [0.4, 0.5) is 4.79 Å². The number of halogens is 1. The van der Waals surface area contributed by atoms with Crippen LogP contribution in [0.5, 0.6) is 0 Å². The summed E-state index contributed by atoms with van der Waals surface area (Å²) < 4.78 is 3.52. The first kappa shape index (κ1) is 13.5. The van der Waals surface area contributed by atoms with Crippen LogP contribution in [-0.4, -0.2) is 28.6 Å². The van der Waals surface area contributed by atoms with E-state index in [-0.39, 0.29) is 30.0 Å². The maximum Gasteiger partial charge on any atom is 0.415 e. The summed E-state index contributed by atoms with van der Waals surface area (Å²) in [5.41, 5.74) is 0. The summed E-state index contributed by atoms with van der Waals surface area (Å²) in [5.74, 6) is 0.748. The molecule has 1 amide bonds. The zero-order chi connectivity index (χ0) is 10.8. The highest BCUT2D eigenvalue weighted by Gasteiger charge is 2.28. The first-order valence-corrected chi connectivity index (χ1v) is 5.53. The predicted octanol–water partition coefficient (Wildman–Crippen LogP) is -1.98. The average Bonchev–Trinajstić information content (AvgIpc) is 2.95. The minimum atomic E-state index is 0. The van der Waals surface area contributed by atoms with Crippen molar-refractivity contribution in [3.63, 3.8) is 0 Å². The first-order chi connectivity index (χ1) is 7.20. The molecule has 0 atom stereocenters. The summed E-state index contributed by atoms with van der Waals surface area (Å²) in [5, 5.41) is 0. The van der Waals surface area contributed by atoms with Crippen LogP contribution in [0.15, 0.2) is 18.7 Å². The molecular weight excluding hydrogens is 317 g/mol. The van der Waals surface area contributed by atoms with Crippen molar-refractivity contribution >= 4 is 6.03 Å². The van der Waals surface area contributed by atoms with Gasteiger partial charge in [0, 0.05) is 13.1 Å². The van der Waals surface area contributed by atoms with Gasteiger partial charge in [-0.25, -0.2) is 9.36 Å². The summed E-state index contributed by atoms with van der Waals surface area (Å²) in [7, 11) is 1.92. The van der Waals surface area contributed by atoms with E-state index in [0.717, 1.165) is 19.0 Å². The van der Waals surface area contributed by atoms with E-state index in [2.05, 4.69) is 0 Å². The molecule has 5 heteroatoms. The van der Waals surface area contributed by atoms with Crippen molar-refractivity contribution in [3.8, 4) is 0 Å². The van der Waals surface area contributed by atoms with Crippen molar-refractivity contribution in [3.05, 3.63) is 18.7 Å². The Balaban J connectivity index is 0.00000128. The van der Waals surface area contributed by atoms with Gasteiger partial charge in [0.05, 0.1) is 7.05 Å². The molecular formula is C11H18IN3O. The molecule has 1 fully saturated rings. The lowest BCUT2D eigenvalue weighted by atomic mass is 10.4. The molecule has 0 radical (unpaired) electrons. The number of amides is 1. The van der Waals surface area contributed by atoms with E-state index in [9.17, 15) is 4.79 Å². The molecule has 1 aromatic rings. The van der Waals surface area contributed by atoms with Gasteiger partial charge in [-0.05, 0) is 25.7 Å². The number of carbonyl (C=O) groups is 1. The zero-order valence-electron chi connectivity index (χ0n) is 9.77. The Bertz CT molecular complexity index is 360. The van der Waals surface area contributed by atoms with E-state index in [1.54, 1.807) is 17.1 Å². The molecule has 2 rings (SSSR count). The molecule has 1 aliphatic rings. The van der Waals surface area contributed by atoms with Crippen molar-refractivity contribution in [2.24, 2.45) is 13.0 Å². The van der Waals surface area contributed by atoms with Gasteiger partial charge in [0.1, 0.15) is 12.4 Å². The van der Waals surface area contributed by atoms with Crippen molar-refractivity contribution in [1.82, 2.24) is 9.47 Å². The van der Waals surface area contributed by atoms with E-state index in [1.165, 1.54) is 12.8 Å². The van der Waals surface area contributed by atoms with Gasteiger partial charge in [-0.2, -0.15) is 4.57 Å². The largest absolute Gasteiger partial charge is 1.00 e. The Morgan fingerprint density at radius 2 is 2.25 bits per heavy atom. The van der Waals surface area contributed by atoms with E-state index in [1.807, 2.05) is 29.6 Å². The fourth-order valence-electron chi connectivity index (χ4n) is 1.68. The highest BCUT2D eigenvalue weighted by molar-refractivity contribution is 5.76. The highest BCUT2D eigenvalue weighted by atomic mass is 127. The first-order valence-electron chi connectivity index (χ1n) is 5.53. The number of aromatic nitrogens is 2. The van der Waals surface area contributed by atoms with Gasteiger partial charge in [0.2, 0.25) is 0 Å². The molecule has 0 aliphatic heterocycles. The molecule has 0 N–H and O–H groups in total. The zero-order valence-corrected chi connectivity index (χ0v) is 11.9. The third-order valence-corrected chi connectivity index (χ3v) is 2.82. The van der Waals surface area contributed by atoms with Gasteiger partial charge in [-0.3, -0.25) is 0 Å². The van der Waals surface area contributed by atoms with Crippen LogP contribution in [0, 0.1) is 5.92 Å². The van der Waals surface area contributed by atoms with E-state index in [0.29, 0.717) is 0 Å². The average molecular weight is 335 g/mol. The van der Waals surface area contributed by atoms with Crippen LogP contribution in [0.2, 0.25) is 0 Å². The number of aryl methyl sites for hydroxylation is 1. The van der Waals surface area contributed by atoms with Crippen molar-refractivity contribution in [2.75, 3.05) is 13.1 Å². The Labute approximate surface area is 113 Å². The second-order valence-corrected chi connectivity index (χ2v) is 4.25. The lowest BCUT2D eigenvalue weighted by Crippen LogP contribution is -3.00. The molecule has 4 nitrogen and oxygen atoms in total. The molecule has 1 aromatic heterocycles. The van der Waals surface area contributed by atoms with E-state index in [4.69, 9.17) is 0 Å². The minimum absolute atomic E-state index is 0. The maximum atomic E-state index is 12.0. The number of hydrogen-bond acceptors (Lipinski definition) is 1. The van der Waals surface area contributed by atoms with Crippen molar-refractivity contribution in [2.45, 2.75) is 19.8 Å². The summed E-state index contributed by atoms with van der Waals surface area (Å²) in [4.78, 5) is 13.9. The van der Waals surface area contributed by atoms with Gasteiger partial charge >= 0.3 is 6.03 Å². The van der Waals surface area contributed by atoms with Gasteiger partial charge in [0.15, 0.2) is 0 Å². The molecule has 16 heavy (non-hydrogen) atoms. The molecule has 0 bridgehead atoms. The van der Waals surface area contributed by atoms with Gasteiger partial charge < -0.3 is 28.9 Å². The van der Waals surface area contributed by atoms with Crippen LogP contribution in [-0.2, 0) is 7.05 Å². The van der Waals surface area contributed by atoms with Crippen LogP contribution in [0.1, 0.15) is 19.8 Å². The van der Waals surface area contributed by atoms with Crippen LogP contribution in [0.3, 0.4) is 0 Å². The van der Waals surface area contributed by atoms with E-state index < -0.39 is 0 Å². The molecule has 90 valence electrons. The van der Waals surface area contributed by atoms with Crippen LogP contribution >= 0.6 is 0 Å². The molecule has 1 saturated carbocycles. The van der Waals surface area contributed by atoms with Gasteiger partial charge in [-0.1, -0.05) is 0 Å². The number of hydrogen-bond donors (Lipinski definition) is 0. The van der Waals surface area contributed by atoms with Gasteiger partial charge in [-0.15, -0.1) is 0 Å². The molecule has 1 heterocycles. The Morgan fingerprint density at radius 1 is 1.56 bits per heavy atom. The smallest absolute Gasteiger partial charge is 0.415 e. The third kappa shape index (κ3) is 3.20. The lowest BCUT2D eigenvalue weighted by molar-refractivity contribution is -0.670. The second-order valence-electron chi connectivity index (χ2n) is 4.25. The Hall–Kier alpha value is -0.590. The Kier molecular flexibility index (Phi) is 4.76. The molecule has 0 saturated heterocycles. The molecule has 0 aromatic carbocycles. The molecule has 1 aliphatic carbocycles. The fourth-order valence-corrected chi connectivity index (χ4v) is 1.68. The van der Waals surface area contributed by atoms with Crippen LogP contribution < -0.4 is 28.5 Å². The van der Waals surface area contributed by atoms with Crippen LogP contribution in [0.25, 0.3) is 0 Å². The summed E-state index contributed by atoms with van der Waals surface area (Å²) in [6.07, 6.45) is 8.05. The van der Waals surface area contributed by atoms with E-state index >= 15 is 0 Å². The SMILES string of the molecule is CCN(CC1CC1)C(=O)n1cc[n+](C)c1.[I-]. The normalized spacial score (nSPS) is 14.4. The molecule has 0 unspecified atom stereocenters. The maximum absolute atomic E-state index is 12.0. The quantitative estimate of drug-likeness (QED) is 0.465. The number of carbonyl (C=O) groups excluding carboxylic acids is 1. The van der Waals surface area contributed by atoms with Crippen molar-refractivity contribution in [1.29, 1.82) is 0 Å². The predicted molar refractivity (Wildman–Crippen MR) is 56.4 cm³/mol. The van der Waals surface area contributed by atoms with Crippen molar-refractivity contribution < 1.29 is 33.3 Å². The number of imidazole rings is 1. The minimum Gasteiger partial charge on any atom is -1.00 e. The standard InChI is InChI=1S/C11H18N3O.HI/c1-3-13(8-10-4-5-10)11(15)14-7-6-12(2)9-14;/h6-7,9-10H,3-5,8H2,1-2H3;1H/q+1;/p-1. The molecule has 0 spiro atoms. The Morgan fingerprint density at radius 3 is 2.69 bits per heavy atom. The summed E-state index contributed by atoms with van der Waals surface area (Å²) in [6, 6.07) is 0.0880. The third-order valence-electron chi connectivity index (χ3n) is 2.82. The number of rotatable bonds is 3. The topological polar surface area (TPSA) is 29.1 Å². The lowest BCUT2D eigenvalue weighted by Gasteiger charge is -2.17. The summed E-state index contributed by atoms with van der Waals surface area (Å²) >= 11 is 0. The highest BCUT2D eigenvalue weighted by Crippen LogP contribution is 2.29. The summed E-state index contributed by atoms with van der Waals surface area (Å²) in [6.45, 7) is 3.73.